The SMILES string of the molecule is CC.CC(C)C(F)Cc1ccccc1. The standard InChI is InChI=1S/C11H15F.C2H6/c1-9(2)11(12)8-10-6-4-3-5-7-10;1-2/h3-7,9,11H,8H2,1-2H3;1-2H3. The molecule has 1 heteroatoms. The van der Waals surface area contributed by atoms with Crippen molar-refractivity contribution in [2.24, 2.45) is 5.92 Å². The molecule has 1 aromatic carbocycles. The van der Waals surface area contributed by atoms with E-state index in [1.165, 1.54) is 0 Å². The predicted octanol–water partition coefficient (Wildman–Crippen LogP) is 4.25. The van der Waals surface area contributed by atoms with Gasteiger partial charge >= 0.3 is 0 Å². The second-order valence-corrected chi connectivity index (χ2v) is 3.45. The normalized spacial score (nSPS) is 11.9. The Balaban J connectivity index is 0.000000791. The van der Waals surface area contributed by atoms with Gasteiger partial charge < -0.3 is 0 Å². The van der Waals surface area contributed by atoms with Crippen molar-refractivity contribution in [2.75, 3.05) is 0 Å². The van der Waals surface area contributed by atoms with Crippen LogP contribution in [0.4, 0.5) is 4.39 Å². The van der Waals surface area contributed by atoms with Crippen LogP contribution in [0.2, 0.25) is 0 Å². The largest absolute Gasteiger partial charge is 0.247 e. The first-order chi connectivity index (χ1) is 6.70. The molecule has 0 aliphatic carbocycles. The van der Waals surface area contributed by atoms with E-state index < -0.39 is 6.17 Å². The molecule has 0 aromatic heterocycles. The lowest BCUT2D eigenvalue weighted by Gasteiger charge is -2.11. The van der Waals surface area contributed by atoms with Gasteiger partial charge in [-0.3, -0.25) is 0 Å². The maximum atomic E-state index is 13.2. The fourth-order valence-electron chi connectivity index (χ4n) is 1.07. The van der Waals surface area contributed by atoms with Crippen molar-refractivity contribution in [2.45, 2.75) is 40.3 Å². The zero-order chi connectivity index (χ0) is 11.0. The summed E-state index contributed by atoms with van der Waals surface area (Å²) in [5.41, 5.74) is 1.08. The van der Waals surface area contributed by atoms with Crippen LogP contribution in [0.15, 0.2) is 30.3 Å². The van der Waals surface area contributed by atoms with Crippen molar-refractivity contribution in [1.29, 1.82) is 0 Å². The zero-order valence-corrected chi connectivity index (χ0v) is 9.63. The van der Waals surface area contributed by atoms with Crippen LogP contribution >= 0.6 is 0 Å². The van der Waals surface area contributed by atoms with Crippen LogP contribution < -0.4 is 0 Å². The number of halogens is 1. The first-order valence-electron chi connectivity index (χ1n) is 5.38. The topological polar surface area (TPSA) is 0 Å². The Morgan fingerprint density at radius 1 is 1.07 bits per heavy atom. The summed E-state index contributed by atoms with van der Waals surface area (Å²) < 4.78 is 13.2. The van der Waals surface area contributed by atoms with Crippen LogP contribution in [0, 0.1) is 5.92 Å². The van der Waals surface area contributed by atoms with Crippen LogP contribution in [0.25, 0.3) is 0 Å². The minimum atomic E-state index is -0.715. The summed E-state index contributed by atoms with van der Waals surface area (Å²) >= 11 is 0. The van der Waals surface area contributed by atoms with E-state index in [0.717, 1.165) is 5.56 Å². The van der Waals surface area contributed by atoms with Gasteiger partial charge in [0.15, 0.2) is 0 Å². The minimum absolute atomic E-state index is 0.116. The second kappa shape index (κ2) is 7.54. The van der Waals surface area contributed by atoms with Gasteiger partial charge in [0, 0.05) is 6.42 Å². The lowest BCUT2D eigenvalue weighted by Crippen LogP contribution is -2.12. The molecular formula is C13H21F. The van der Waals surface area contributed by atoms with E-state index in [4.69, 9.17) is 0 Å². The van der Waals surface area contributed by atoms with Gasteiger partial charge in [-0.1, -0.05) is 58.0 Å². The van der Waals surface area contributed by atoms with Gasteiger partial charge in [-0.2, -0.15) is 0 Å². The lowest BCUT2D eigenvalue weighted by atomic mass is 10.0. The Hall–Kier alpha value is -0.850. The molecular weight excluding hydrogens is 175 g/mol. The fourth-order valence-corrected chi connectivity index (χ4v) is 1.07. The number of rotatable bonds is 3. The van der Waals surface area contributed by atoms with Crippen LogP contribution in [0.5, 0.6) is 0 Å². The van der Waals surface area contributed by atoms with Gasteiger partial charge in [0.1, 0.15) is 6.17 Å². The maximum Gasteiger partial charge on any atom is 0.106 e. The molecule has 1 aromatic rings. The Kier molecular flexibility index (Phi) is 7.09. The first kappa shape index (κ1) is 13.2. The molecule has 0 N–H and O–H groups in total. The molecule has 1 rings (SSSR count). The predicted molar refractivity (Wildman–Crippen MR) is 61.2 cm³/mol. The summed E-state index contributed by atoms with van der Waals surface area (Å²) in [5.74, 6) is 0.116. The minimum Gasteiger partial charge on any atom is -0.247 e. The quantitative estimate of drug-likeness (QED) is 0.678. The van der Waals surface area contributed by atoms with Crippen molar-refractivity contribution in [3.63, 3.8) is 0 Å². The number of benzene rings is 1. The summed E-state index contributed by atoms with van der Waals surface area (Å²) in [6.07, 6.45) is -0.175. The molecule has 0 fully saturated rings. The molecule has 0 radical (unpaired) electrons. The maximum absolute atomic E-state index is 13.2. The number of alkyl halides is 1. The monoisotopic (exact) mass is 196 g/mol. The Morgan fingerprint density at radius 2 is 1.57 bits per heavy atom. The molecule has 80 valence electrons. The molecule has 0 saturated heterocycles. The second-order valence-electron chi connectivity index (χ2n) is 3.45. The molecule has 0 aliphatic heterocycles. The molecule has 0 saturated carbocycles. The van der Waals surface area contributed by atoms with E-state index >= 15 is 0 Å². The van der Waals surface area contributed by atoms with E-state index in [1.54, 1.807) is 0 Å². The molecule has 1 unspecified atom stereocenters. The zero-order valence-electron chi connectivity index (χ0n) is 9.63. The molecule has 0 spiro atoms. The highest BCUT2D eigenvalue weighted by molar-refractivity contribution is 5.15. The van der Waals surface area contributed by atoms with Gasteiger partial charge in [0.05, 0.1) is 0 Å². The highest BCUT2D eigenvalue weighted by Gasteiger charge is 2.11. The molecule has 14 heavy (non-hydrogen) atoms. The van der Waals surface area contributed by atoms with Crippen LogP contribution in [0.3, 0.4) is 0 Å². The summed E-state index contributed by atoms with van der Waals surface area (Å²) in [7, 11) is 0. The Bertz CT molecular complexity index is 216. The lowest BCUT2D eigenvalue weighted by molar-refractivity contribution is 0.254. The molecule has 0 aliphatic rings. The van der Waals surface area contributed by atoms with E-state index in [9.17, 15) is 4.39 Å². The highest BCUT2D eigenvalue weighted by atomic mass is 19.1. The average Bonchev–Trinajstić information content (AvgIpc) is 2.22. The van der Waals surface area contributed by atoms with Crippen molar-refractivity contribution >= 4 is 0 Å². The summed E-state index contributed by atoms with van der Waals surface area (Å²) in [5, 5.41) is 0. The van der Waals surface area contributed by atoms with Crippen LogP contribution in [-0.4, -0.2) is 6.17 Å². The van der Waals surface area contributed by atoms with Gasteiger partial charge in [0.25, 0.3) is 0 Å². The van der Waals surface area contributed by atoms with Crippen LogP contribution in [0.1, 0.15) is 33.3 Å². The molecule has 1 atom stereocenters. The third-order valence-electron chi connectivity index (χ3n) is 2.00. The summed E-state index contributed by atoms with van der Waals surface area (Å²) in [6, 6.07) is 9.78. The average molecular weight is 196 g/mol. The summed E-state index contributed by atoms with van der Waals surface area (Å²) in [6.45, 7) is 7.82. The number of hydrogen-bond donors (Lipinski definition) is 0. The van der Waals surface area contributed by atoms with Crippen molar-refractivity contribution < 1.29 is 4.39 Å². The fraction of sp³-hybridized carbons (Fsp3) is 0.538. The van der Waals surface area contributed by atoms with Gasteiger partial charge in [0.2, 0.25) is 0 Å². The molecule has 0 amide bonds. The smallest absolute Gasteiger partial charge is 0.106 e. The third kappa shape index (κ3) is 5.00. The molecule has 0 bridgehead atoms. The summed E-state index contributed by atoms with van der Waals surface area (Å²) in [4.78, 5) is 0. The van der Waals surface area contributed by atoms with E-state index in [-0.39, 0.29) is 5.92 Å². The molecule has 0 nitrogen and oxygen atoms in total. The highest BCUT2D eigenvalue weighted by Crippen LogP contribution is 2.12. The Labute approximate surface area is 87.2 Å². The van der Waals surface area contributed by atoms with E-state index in [0.29, 0.717) is 6.42 Å². The van der Waals surface area contributed by atoms with E-state index in [2.05, 4.69) is 0 Å². The first-order valence-corrected chi connectivity index (χ1v) is 5.38. The van der Waals surface area contributed by atoms with Crippen molar-refractivity contribution in [3.8, 4) is 0 Å². The van der Waals surface area contributed by atoms with Gasteiger partial charge in [-0.15, -0.1) is 0 Å². The Morgan fingerprint density at radius 3 is 2.00 bits per heavy atom. The molecule has 0 heterocycles. The van der Waals surface area contributed by atoms with Crippen molar-refractivity contribution in [1.82, 2.24) is 0 Å². The van der Waals surface area contributed by atoms with E-state index in [1.807, 2.05) is 58.0 Å². The van der Waals surface area contributed by atoms with Crippen LogP contribution in [-0.2, 0) is 6.42 Å². The van der Waals surface area contributed by atoms with Gasteiger partial charge in [-0.25, -0.2) is 4.39 Å². The number of hydrogen-bond acceptors (Lipinski definition) is 0. The van der Waals surface area contributed by atoms with Gasteiger partial charge in [-0.05, 0) is 11.5 Å². The third-order valence-corrected chi connectivity index (χ3v) is 2.00. The van der Waals surface area contributed by atoms with Crippen molar-refractivity contribution in [3.05, 3.63) is 35.9 Å².